The monoisotopic (exact) mass is 666 g/mol. The molecule has 1 saturated carbocycles. The Kier molecular flexibility index (Phi) is 9.34. The number of likely N-dealkylation sites (N-methyl/N-ethyl adjacent to an activating group) is 1. The maximum Gasteiger partial charge on any atom is 0.239 e. The summed E-state index contributed by atoms with van der Waals surface area (Å²) in [5.41, 5.74) is 5.35. The Morgan fingerprint density at radius 2 is 1.73 bits per heavy atom. The van der Waals surface area contributed by atoms with E-state index in [-0.39, 0.29) is 0 Å². The highest BCUT2D eigenvalue weighted by Gasteiger charge is 2.33. The highest BCUT2D eigenvalue weighted by Crippen LogP contribution is 2.44. The van der Waals surface area contributed by atoms with E-state index in [2.05, 4.69) is 70.9 Å². The van der Waals surface area contributed by atoms with E-state index in [0.717, 1.165) is 98.7 Å². The van der Waals surface area contributed by atoms with E-state index in [1.54, 1.807) is 31.5 Å². The van der Waals surface area contributed by atoms with Gasteiger partial charge in [-0.15, -0.1) is 0 Å². The summed E-state index contributed by atoms with van der Waals surface area (Å²) in [6.45, 7) is 8.59. The van der Waals surface area contributed by atoms with Crippen molar-refractivity contribution < 1.29 is 4.74 Å². The maximum atomic E-state index is 9.98. The lowest BCUT2D eigenvalue weighted by Gasteiger charge is -2.42. The molecule has 48 heavy (non-hydrogen) atoms. The first-order valence-corrected chi connectivity index (χ1v) is 17.7. The van der Waals surface area contributed by atoms with Crippen molar-refractivity contribution in [2.24, 2.45) is 0 Å². The van der Waals surface area contributed by atoms with Gasteiger partial charge in [0.2, 0.25) is 11.8 Å². The molecule has 4 aromatic rings. The number of anilines is 6. The summed E-state index contributed by atoms with van der Waals surface area (Å²) in [6.07, 6.45) is 11.5. The summed E-state index contributed by atoms with van der Waals surface area (Å²) in [6, 6.07) is 9.22. The fraction of sp³-hybridized carbons (Fsp3) is 0.471. The molecule has 0 unspecified atom stereocenters. The minimum absolute atomic E-state index is 0.322. The molecule has 0 bridgehead atoms. The number of piperazine rings is 1. The minimum Gasteiger partial charge on any atom is -0.479 e. The Labute approximate surface area is 285 Å². The molecule has 0 spiro atoms. The number of nitrogens with one attached hydrogen (secondary N) is 2. The lowest BCUT2D eigenvalue weighted by atomic mass is 10.0. The second-order valence-corrected chi connectivity index (χ2v) is 13.4. The van der Waals surface area contributed by atoms with E-state index >= 15 is 0 Å². The van der Waals surface area contributed by atoms with Crippen LogP contribution in [0.2, 0.25) is 0 Å². The molecule has 3 aliphatic rings. The van der Waals surface area contributed by atoms with E-state index < -0.39 is 0 Å². The van der Waals surface area contributed by atoms with E-state index in [9.17, 15) is 5.26 Å². The van der Waals surface area contributed by atoms with Crippen molar-refractivity contribution in [1.82, 2.24) is 34.7 Å². The third-order valence-electron chi connectivity index (χ3n) is 9.48. The first-order valence-electron chi connectivity index (χ1n) is 16.6. The summed E-state index contributed by atoms with van der Waals surface area (Å²) in [4.78, 5) is 30.8. The lowest BCUT2D eigenvalue weighted by Crippen LogP contribution is -2.52. The molecule has 2 saturated heterocycles. The normalized spacial score (nSPS) is 17.7. The molecule has 1 aliphatic carbocycles. The van der Waals surface area contributed by atoms with E-state index in [1.807, 2.05) is 18.2 Å². The fourth-order valence-corrected chi connectivity index (χ4v) is 7.60. The molecule has 2 aliphatic heterocycles. The average molecular weight is 667 g/mol. The highest BCUT2D eigenvalue weighted by molar-refractivity contribution is 8.00. The number of nitriles is 1. The van der Waals surface area contributed by atoms with Crippen LogP contribution in [-0.4, -0.2) is 106 Å². The zero-order chi connectivity index (χ0) is 33.2. The van der Waals surface area contributed by atoms with Crippen molar-refractivity contribution >= 4 is 57.6 Å². The molecular weight excluding hydrogens is 625 g/mol. The second kappa shape index (κ2) is 14.0. The molecule has 3 aromatic heterocycles. The van der Waals surface area contributed by atoms with Gasteiger partial charge < -0.3 is 29.5 Å². The van der Waals surface area contributed by atoms with Gasteiger partial charge in [-0.05, 0) is 63.4 Å². The molecular formula is C34H42N12OS. The van der Waals surface area contributed by atoms with Crippen LogP contribution in [0, 0.1) is 18.3 Å². The predicted molar refractivity (Wildman–Crippen MR) is 192 cm³/mol. The van der Waals surface area contributed by atoms with Gasteiger partial charge in [0.25, 0.3) is 0 Å². The van der Waals surface area contributed by atoms with Crippen LogP contribution in [0.25, 0.3) is 11.0 Å². The predicted octanol–water partition coefficient (Wildman–Crippen LogP) is 4.95. The molecule has 2 N–H and O–H groups in total. The summed E-state index contributed by atoms with van der Waals surface area (Å²) in [5, 5.41) is 16.7. The number of pyridine rings is 1. The quantitative estimate of drug-likeness (QED) is 0.221. The number of hydrogen-bond donors (Lipinski definition) is 2. The molecule has 13 nitrogen and oxygen atoms in total. The summed E-state index contributed by atoms with van der Waals surface area (Å²) in [5.74, 6) is 2.12. The van der Waals surface area contributed by atoms with Gasteiger partial charge in [-0.3, -0.25) is 14.9 Å². The second-order valence-electron chi connectivity index (χ2n) is 12.7. The molecule has 1 aromatic carbocycles. The molecule has 14 heteroatoms. The standard InChI is InChI=1S/C34H42N12OS/c1-22-19-28(33(47-3)42-32(22)45-13-9-24(10-14-45)44-17-15-43(2)16-18-44)40-34-38-21-23(20-35)31(41-34)39-27-8-7-26-29(37-12-11-36-26)30(27)46(48-4)25-5-6-25/h7-8,11-12,19,21,24-25H,5-6,9-10,13-18H2,1-4H3,(H2,38,39,40,41). The lowest BCUT2D eigenvalue weighted by molar-refractivity contribution is 0.0981. The van der Waals surface area contributed by atoms with Gasteiger partial charge in [0.05, 0.1) is 30.2 Å². The minimum atomic E-state index is 0.322. The SMILES string of the molecule is COc1nc(N2CCC(N3CCN(C)CC3)CC2)c(C)cc1Nc1ncc(C#N)c(Nc2ccc3nccnc3c2N(SC)C2CC2)n1. The number of fused-ring (bicyclic) bond motifs is 1. The Morgan fingerprint density at radius 3 is 2.44 bits per heavy atom. The number of nitrogens with zero attached hydrogens (tertiary/aromatic N) is 10. The third kappa shape index (κ3) is 6.63. The fourth-order valence-electron chi connectivity index (χ4n) is 6.73. The number of hydrogen-bond acceptors (Lipinski definition) is 14. The van der Waals surface area contributed by atoms with E-state index in [0.29, 0.717) is 41.0 Å². The van der Waals surface area contributed by atoms with Gasteiger partial charge in [0.15, 0.2) is 5.82 Å². The molecule has 0 radical (unpaired) electrons. The van der Waals surface area contributed by atoms with Gasteiger partial charge in [-0.2, -0.15) is 15.2 Å². The van der Waals surface area contributed by atoms with E-state index in [4.69, 9.17) is 14.7 Å². The Balaban J connectivity index is 1.12. The first-order chi connectivity index (χ1) is 23.4. The largest absolute Gasteiger partial charge is 0.479 e. The highest BCUT2D eigenvalue weighted by atomic mass is 32.2. The van der Waals surface area contributed by atoms with Crippen molar-refractivity contribution in [2.45, 2.75) is 44.7 Å². The van der Waals surface area contributed by atoms with Crippen molar-refractivity contribution in [2.75, 3.05) is 79.5 Å². The first kappa shape index (κ1) is 32.1. The summed E-state index contributed by atoms with van der Waals surface area (Å²) < 4.78 is 8.05. The summed E-state index contributed by atoms with van der Waals surface area (Å²) >= 11 is 1.66. The Hall–Kier alpha value is -4.45. The molecule has 7 rings (SSSR count). The number of aryl methyl sites for hydroxylation is 1. The molecule has 5 heterocycles. The number of ether oxygens (including phenoxy) is 1. The van der Waals surface area contributed by atoms with Gasteiger partial charge in [0, 0.05) is 70.0 Å². The van der Waals surface area contributed by atoms with Crippen molar-refractivity contribution in [3.63, 3.8) is 0 Å². The average Bonchev–Trinajstić information content (AvgIpc) is 3.96. The number of aromatic nitrogens is 5. The van der Waals surface area contributed by atoms with E-state index in [1.165, 1.54) is 6.20 Å². The van der Waals surface area contributed by atoms with Crippen molar-refractivity contribution in [3.05, 3.63) is 47.9 Å². The van der Waals surface area contributed by atoms with Crippen LogP contribution in [0.5, 0.6) is 5.88 Å². The van der Waals surface area contributed by atoms with Crippen LogP contribution in [0.15, 0.2) is 36.8 Å². The maximum absolute atomic E-state index is 9.98. The number of benzene rings is 1. The Morgan fingerprint density at radius 1 is 0.958 bits per heavy atom. The van der Waals surface area contributed by atoms with Crippen LogP contribution in [0.3, 0.4) is 0 Å². The van der Waals surface area contributed by atoms with Crippen molar-refractivity contribution in [1.29, 1.82) is 5.26 Å². The molecule has 0 amide bonds. The van der Waals surface area contributed by atoms with Gasteiger partial charge in [0.1, 0.15) is 28.7 Å². The molecule has 0 atom stereocenters. The van der Waals surface area contributed by atoms with Crippen molar-refractivity contribution in [3.8, 4) is 11.9 Å². The molecule has 250 valence electrons. The van der Waals surface area contributed by atoms with Crippen LogP contribution in [0.1, 0.15) is 36.8 Å². The van der Waals surface area contributed by atoms with Gasteiger partial charge in [-0.25, -0.2) is 4.98 Å². The number of methoxy groups -OCH3 is 1. The smallest absolute Gasteiger partial charge is 0.239 e. The third-order valence-corrected chi connectivity index (χ3v) is 10.4. The topological polar surface area (TPSA) is 134 Å². The summed E-state index contributed by atoms with van der Waals surface area (Å²) in [7, 11) is 3.83. The van der Waals surface area contributed by atoms with Crippen LogP contribution in [-0.2, 0) is 0 Å². The van der Waals surface area contributed by atoms with Crippen LogP contribution in [0.4, 0.5) is 34.6 Å². The van der Waals surface area contributed by atoms with Gasteiger partial charge in [-0.1, -0.05) is 11.9 Å². The zero-order valence-electron chi connectivity index (χ0n) is 28.0. The van der Waals surface area contributed by atoms with Gasteiger partial charge >= 0.3 is 0 Å². The number of piperidine rings is 1. The number of rotatable bonds is 10. The Bertz CT molecular complexity index is 1810. The van der Waals surface area contributed by atoms with Crippen LogP contribution < -0.4 is 24.6 Å². The van der Waals surface area contributed by atoms with Crippen LogP contribution >= 0.6 is 11.9 Å². The molecule has 3 fully saturated rings. The zero-order valence-corrected chi connectivity index (χ0v) is 28.8.